The van der Waals surface area contributed by atoms with Gasteiger partial charge in [0.15, 0.2) is 10.6 Å². The monoisotopic (exact) mass is 569 g/mol. The lowest BCUT2D eigenvalue weighted by Gasteiger charge is -2.25. The molecule has 1 aliphatic heterocycles. The molecule has 0 bridgehead atoms. The summed E-state index contributed by atoms with van der Waals surface area (Å²) >= 11 is 5.41. The third-order valence-electron chi connectivity index (χ3n) is 7.03. The van der Waals surface area contributed by atoms with Gasteiger partial charge in [0.05, 0.1) is 37.6 Å². The van der Waals surface area contributed by atoms with Crippen LogP contribution >= 0.6 is 12.2 Å². The van der Waals surface area contributed by atoms with E-state index in [2.05, 4.69) is 20.2 Å². The number of rotatable bonds is 11. The summed E-state index contributed by atoms with van der Waals surface area (Å²) in [6.07, 6.45) is -1.93. The minimum absolute atomic E-state index is 0.199. The van der Waals surface area contributed by atoms with Gasteiger partial charge in [-0.1, -0.05) is 103 Å². The third kappa shape index (κ3) is 6.37. The Balaban J connectivity index is 1.32. The van der Waals surface area contributed by atoms with Crippen LogP contribution in [0.2, 0.25) is 0 Å². The van der Waals surface area contributed by atoms with Gasteiger partial charge < -0.3 is 29.7 Å². The molecular formula is C31H31N5O4S. The molecule has 2 aromatic heterocycles. The van der Waals surface area contributed by atoms with Crippen LogP contribution in [0.4, 0.5) is 5.95 Å². The molecule has 0 aliphatic carbocycles. The Morgan fingerprint density at radius 3 is 1.95 bits per heavy atom. The maximum Gasteiger partial charge on any atom is 0.199 e. The summed E-state index contributed by atoms with van der Waals surface area (Å²) in [5.74, 6) is 0.199. The number of nitrogens with two attached hydrogens (primary N) is 1. The van der Waals surface area contributed by atoms with E-state index in [-0.39, 0.29) is 5.95 Å². The predicted octanol–water partition coefficient (Wildman–Crippen LogP) is 5.43. The molecule has 1 saturated heterocycles. The SMILES string of the molecule is Nc1nc(=S)c2n[nH]c([C@@H]3O[C@H](COCc4ccccc4)[C@@H](OCc4ccccc4)[C@H]3OCc3ccccc3)c2[nH]1. The average Bonchev–Trinajstić information content (AvgIpc) is 3.57. The van der Waals surface area contributed by atoms with Crippen LogP contribution in [0.15, 0.2) is 91.0 Å². The van der Waals surface area contributed by atoms with Crippen LogP contribution in [-0.4, -0.2) is 45.1 Å². The number of benzene rings is 3. The standard InChI is InChI=1S/C31H31N5O4S/c32-31-33-24-25(35-36-26(24)30(41)34-31)28-29(39-18-22-14-8-3-9-15-22)27(38-17-21-12-6-2-7-13-21)23(40-28)19-37-16-20-10-4-1-5-11-20/h1-15,23,27-29H,16-19H2,(H,35,36)(H3,32,33,34,41)/t23-,27-,28+,29-/m1/s1. The fourth-order valence-electron chi connectivity index (χ4n) is 5.04. The highest BCUT2D eigenvalue weighted by atomic mass is 32.1. The molecule has 41 heavy (non-hydrogen) atoms. The molecule has 4 atom stereocenters. The first-order valence-electron chi connectivity index (χ1n) is 13.5. The van der Waals surface area contributed by atoms with Gasteiger partial charge in [-0.05, 0) is 16.7 Å². The summed E-state index contributed by atoms with van der Waals surface area (Å²) in [4.78, 5) is 7.24. The van der Waals surface area contributed by atoms with Crippen LogP contribution < -0.4 is 5.73 Å². The number of anilines is 1. The Kier molecular flexibility index (Phi) is 8.45. The largest absolute Gasteiger partial charge is 0.374 e. The van der Waals surface area contributed by atoms with Crippen molar-refractivity contribution < 1.29 is 18.9 Å². The Morgan fingerprint density at radius 1 is 0.780 bits per heavy atom. The van der Waals surface area contributed by atoms with Crippen LogP contribution in [-0.2, 0) is 38.8 Å². The Morgan fingerprint density at radius 2 is 1.34 bits per heavy atom. The zero-order chi connectivity index (χ0) is 28.0. The zero-order valence-electron chi connectivity index (χ0n) is 22.3. The molecule has 0 spiro atoms. The van der Waals surface area contributed by atoms with Crippen LogP contribution in [0.1, 0.15) is 28.5 Å². The molecule has 6 rings (SSSR count). The Bertz CT molecular complexity index is 1610. The molecule has 10 heteroatoms. The van der Waals surface area contributed by atoms with Gasteiger partial charge in [0.1, 0.15) is 29.9 Å². The number of fused-ring (bicyclic) bond motifs is 1. The zero-order valence-corrected chi connectivity index (χ0v) is 23.1. The molecule has 5 aromatic rings. The number of nitrogen functional groups attached to an aromatic ring is 1. The number of nitrogens with zero attached hydrogens (tertiary/aromatic N) is 2. The molecule has 0 radical (unpaired) electrons. The van der Waals surface area contributed by atoms with Crippen LogP contribution in [0.5, 0.6) is 0 Å². The summed E-state index contributed by atoms with van der Waals surface area (Å²) in [6, 6.07) is 30.1. The second kappa shape index (κ2) is 12.7. The van der Waals surface area contributed by atoms with Gasteiger partial charge in [0.2, 0.25) is 0 Å². The minimum atomic E-state index is -0.567. The summed E-state index contributed by atoms with van der Waals surface area (Å²) in [5, 5.41) is 7.52. The Hall–Kier alpha value is -3.93. The first-order valence-corrected chi connectivity index (χ1v) is 13.9. The van der Waals surface area contributed by atoms with Crippen LogP contribution in [0, 0.1) is 4.64 Å². The Labute approximate surface area is 242 Å². The molecule has 3 heterocycles. The lowest BCUT2D eigenvalue weighted by atomic mass is 10.0. The van der Waals surface area contributed by atoms with E-state index in [1.807, 2.05) is 91.0 Å². The van der Waals surface area contributed by atoms with E-state index >= 15 is 0 Å². The van der Waals surface area contributed by atoms with Gasteiger partial charge >= 0.3 is 0 Å². The van der Waals surface area contributed by atoms with E-state index < -0.39 is 24.4 Å². The molecular weight excluding hydrogens is 538 g/mol. The quantitative estimate of drug-likeness (QED) is 0.180. The second-order valence-electron chi connectivity index (χ2n) is 9.91. The highest BCUT2D eigenvalue weighted by molar-refractivity contribution is 7.71. The van der Waals surface area contributed by atoms with Crippen molar-refractivity contribution in [1.82, 2.24) is 20.2 Å². The molecule has 0 saturated carbocycles. The summed E-state index contributed by atoms with van der Waals surface area (Å²) in [6.45, 7) is 1.53. The fraction of sp³-hybridized carbons (Fsp3) is 0.258. The maximum atomic E-state index is 6.67. The first kappa shape index (κ1) is 27.3. The number of hydrogen-bond donors (Lipinski definition) is 3. The van der Waals surface area contributed by atoms with Crippen molar-refractivity contribution >= 4 is 29.2 Å². The fourth-order valence-corrected chi connectivity index (χ4v) is 5.29. The van der Waals surface area contributed by atoms with Crippen LogP contribution in [0.3, 0.4) is 0 Å². The predicted molar refractivity (Wildman–Crippen MR) is 157 cm³/mol. The van der Waals surface area contributed by atoms with Crippen molar-refractivity contribution in [1.29, 1.82) is 0 Å². The smallest absolute Gasteiger partial charge is 0.199 e. The van der Waals surface area contributed by atoms with Crippen molar-refractivity contribution in [3.05, 3.63) is 118 Å². The number of aromatic amines is 2. The molecule has 0 unspecified atom stereocenters. The van der Waals surface area contributed by atoms with Gasteiger partial charge in [-0.25, -0.2) is 4.98 Å². The van der Waals surface area contributed by atoms with Gasteiger partial charge in [-0.3, -0.25) is 5.10 Å². The first-order chi connectivity index (χ1) is 20.2. The van der Waals surface area contributed by atoms with Crippen molar-refractivity contribution in [2.24, 2.45) is 0 Å². The molecule has 210 valence electrons. The van der Waals surface area contributed by atoms with Gasteiger partial charge in [0, 0.05) is 0 Å². The number of ether oxygens (including phenoxy) is 4. The molecule has 3 aromatic carbocycles. The summed E-state index contributed by atoms with van der Waals surface area (Å²) in [5.41, 5.74) is 11.0. The number of aromatic nitrogens is 4. The molecule has 4 N–H and O–H groups in total. The minimum Gasteiger partial charge on any atom is -0.374 e. The van der Waals surface area contributed by atoms with Gasteiger partial charge in [-0.2, -0.15) is 5.10 Å². The maximum absolute atomic E-state index is 6.67. The summed E-state index contributed by atoms with van der Waals surface area (Å²) in [7, 11) is 0. The van der Waals surface area contributed by atoms with E-state index in [1.165, 1.54) is 0 Å². The average molecular weight is 570 g/mol. The van der Waals surface area contributed by atoms with Gasteiger partial charge in [-0.15, -0.1) is 0 Å². The summed E-state index contributed by atoms with van der Waals surface area (Å²) < 4.78 is 26.3. The van der Waals surface area contributed by atoms with Gasteiger partial charge in [0.25, 0.3) is 0 Å². The number of hydrogen-bond acceptors (Lipinski definition) is 8. The highest BCUT2D eigenvalue weighted by Crippen LogP contribution is 2.40. The van der Waals surface area contributed by atoms with Crippen LogP contribution in [0.25, 0.3) is 11.0 Å². The molecule has 0 amide bonds. The lowest BCUT2D eigenvalue weighted by molar-refractivity contribution is -0.0898. The lowest BCUT2D eigenvalue weighted by Crippen LogP contribution is -2.37. The van der Waals surface area contributed by atoms with E-state index in [0.717, 1.165) is 16.7 Å². The van der Waals surface area contributed by atoms with Crippen molar-refractivity contribution in [3.8, 4) is 0 Å². The molecule has 1 fully saturated rings. The van der Waals surface area contributed by atoms with E-state index in [9.17, 15) is 0 Å². The number of H-pyrrole nitrogens is 2. The second-order valence-corrected chi connectivity index (χ2v) is 10.3. The highest BCUT2D eigenvalue weighted by Gasteiger charge is 2.48. The number of nitrogens with one attached hydrogen (secondary N) is 2. The normalized spacial score (nSPS) is 20.5. The third-order valence-corrected chi connectivity index (χ3v) is 7.32. The van der Waals surface area contributed by atoms with E-state index in [1.54, 1.807) is 0 Å². The molecule has 1 aliphatic rings. The topological polar surface area (TPSA) is 120 Å². The van der Waals surface area contributed by atoms with Crippen molar-refractivity contribution in [3.63, 3.8) is 0 Å². The van der Waals surface area contributed by atoms with E-state index in [0.29, 0.717) is 47.8 Å². The molecule has 9 nitrogen and oxygen atoms in total. The van der Waals surface area contributed by atoms with Crippen molar-refractivity contribution in [2.45, 2.75) is 44.2 Å². The van der Waals surface area contributed by atoms with E-state index in [4.69, 9.17) is 36.9 Å². The van der Waals surface area contributed by atoms with Crippen molar-refractivity contribution in [2.75, 3.05) is 12.3 Å².